The molecular weight excluding hydrogens is 272 g/mol. The second-order valence-corrected chi connectivity index (χ2v) is 6.70. The van der Waals surface area contributed by atoms with Crippen LogP contribution >= 0.6 is 0 Å². The van der Waals surface area contributed by atoms with E-state index >= 15 is 0 Å². The van der Waals surface area contributed by atoms with Crippen LogP contribution in [0.2, 0.25) is 0 Å². The summed E-state index contributed by atoms with van der Waals surface area (Å²) in [4.78, 5) is 23.1. The predicted molar refractivity (Wildman–Crippen MR) is 74.2 cm³/mol. The number of rotatable bonds is 1. The van der Waals surface area contributed by atoms with E-state index in [1.807, 2.05) is 6.92 Å². The molecule has 1 aliphatic carbocycles. The normalized spacial score (nSPS) is 45.2. The van der Waals surface area contributed by atoms with E-state index in [1.54, 1.807) is 6.92 Å². The third-order valence-corrected chi connectivity index (χ3v) is 5.61. The minimum atomic E-state index is -1.04. The Bertz CT molecular complexity index is 507. The van der Waals surface area contributed by atoms with Gasteiger partial charge in [0.1, 0.15) is 6.29 Å². The molecule has 5 nitrogen and oxygen atoms in total. The van der Waals surface area contributed by atoms with E-state index < -0.39 is 17.3 Å². The Hall–Kier alpha value is -1.20. The highest BCUT2D eigenvalue weighted by molar-refractivity contribution is 5.76. The van der Waals surface area contributed by atoms with E-state index in [9.17, 15) is 14.7 Å². The molecule has 2 heterocycles. The Balaban J connectivity index is 2.16. The number of aldehydes is 1. The zero-order chi connectivity index (χ0) is 15.3. The van der Waals surface area contributed by atoms with Gasteiger partial charge in [-0.15, -0.1) is 0 Å². The third kappa shape index (κ3) is 1.98. The van der Waals surface area contributed by atoms with Crippen LogP contribution in [0.4, 0.5) is 0 Å². The smallest absolute Gasteiger partial charge is 0.309 e. The molecular formula is C16H22O5. The molecule has 4 atom stereocenters. The van der Waals surface area contributed by atoms with Gasteiger partial charge in [0, 0.05) is 0 Å². The van der Waals surface area contributed by atoms with Crippen molar-refractivity contribution < 1.29 is 24.2 Å². The van der Waals surface area contributed by atoms with Gasteiger partial charge in [0.25, 0.3) is 0 Å². The summed E-state index contributed by atoms with van der Waals surface area (Å²) in [7, 11) is 0. The van der Waals surface area contributed by atoms with Gasteiger partial charge in [-0.25, -0.2) is 0 Å². The molecule has 2 saturated heterocycles. The lowest BCUT2D eigenvalue weighted by Gasteiger charge is -2.52. The summed E-state index contributed by atoms with van der Waals surface area (Å²) in [5.74, 6) is -0.359. The lowest BCUT2D eigenvalue weighted by Crippen LogP contribution is -2.58. The van der Waals surface area contributed by atoms with E-state index in [1.165, 1.54) is 0 Å². The van der Waals surface area contributed by atoms with Crippen LogP contribution in [0.1, 0.15) is 46.0 Å². The van der Waals surface area contributed by atoms with E-state index in [4.69, 9.17) is 9.47 Å². The predicted octanol–water partition coefficient (Wildman–Crippen LogP) is 1.73. The fourth-order valence-electron chi connectivity index (χ4n) is 4.43. The number of esters is 1. The van der Waals surface area contributed by atoms with Crippen molar-refractivity contribution in [2.75, 3.05) is 6.61 Å². The monoisotopic (exact) mass is 294 g/mol. The Morgan fingerprint density at radius 3 is 2.95 bits per heavy atom. The number of allylic oxidation sites excluding steroid dienone is 2. The van der Waals surface area contributed by atoms with Crippen LogP contribution in [0.3, 0.4) is 0 Å². The minimum Gasteiger partial charge on any atom is -0.435 e. The van der Waals surface area contributed by atoms with Gasteiger partial charge in [-0.3, -0.25) is 9.59 Å². The van der Waals surface area contributed by atoms with Gasteiger partial charge in [-0.05, 0) is 51.0 Å². The van der Waals surface area contributed by atoms with Crippen molar-refractivity contribution in [3.8, 4) is 0 Å². The highest BCUT2D eigenvalue weighted by Gasteiger charge is 2.66. The van der Waals surface area contributed by atoms with E-state index in [0.717, 1.165) is 30.3 Å². The number of aliphatic hydroxyl groups is 1. The Labute approximate surface area is 124 Å². The summed E-state index contributed by atoms with van der Waals surface area (Å²) >= 11 is 0. The topological polar surface area (TPSA) is 72.8 Å². The molecule has 116 valence electrons. The fourth-order valence-corrected chi connectivity index (χ4v) is 4.43. The van der Waals surface area contributed by atoms with Crippen molar-refractivity contribution >= 4 is 12.3 Å². The van der Waals surface area contributed by atoms with E-state index in [2.05, 4.69) is 0 Å². The van der Waals surface area contributed by atoms with Crippen molar-refractivity contribution in [1.29, 1.82) is 0 Å². The zero-order valence-corrected chi connectivity index (χ0v) is 12.6. The average Bonchev–Trinajstić information content (AvgIpc) is 2.67. The van der Waals surface area contributed by atoms with Crippen molar-refractivity contribution in [2.45, 2.75) is 57.8 Å². The molecule has 2 aliphatic heterocycles. The maximum Gasteiger partial charge on any atom is 0.309 e. The molecule has 1 spiro atoms. The summed E-state index contributed by atoms with van der Waals surface area (Å²) in [6.45, 7) is 4.10. The summed E-state index contributed by atoms with van der Waals surface area (Å²) in [5, 5.41) is 11.0. The molecule has 0 aromatic heterocycles. The molecule has 3 rings (SSSR count). The van der Waals surface area contributed by atoms with Crippen LogP contribution in [0.15, 0.2) is 11.1 Å². The fraction of sp³-hybridized carbons (Fsp3) is 0.750. The van der Waals surface area contributed by atoms with Gasteiger partial charge in [0.15, 0.2) is 0 Å². The molecule has 0 aromatic rings. The SMILES string of the molecule is C/C(C=O)=C1/CC[C@](C)(O)[C@]23CC(=O)O[C@H]2OCCC[C@H]13. The van der Waals surface area contributed by atoms with Crippen LogP contribution < -0.4 is 0 Å². The summed E-state index contributed by atoms with van der Waals surface area (Å²) in [6, 6.07) is 0. The maximum atomic E-state index is 11.9. The lowest BCUT2D eigenvalue weighted by molar-refractivity contribution is -0.226. The maximum absolute atomic E-state index is 11.9. The molecule has 21 heavy (non-hydrogen) atoms. The number of hydrogen-bond acceptors (Lipinski definition) is 5. The van der Waals surface area contributed by atoms with Crippen LogP contribution in [-0.4, -0.2) is 35.9 Å². The molecule has 3 fully saturated rings. The number of carbonyl (C=O) groups is 2. The molecule has 1 N–H and O–H groups in total. The number of carbonyl (C=O) groups excluding carboxylic acids is 2. The molecule has 0 unspecified atom stereocenters. The van der Waals surface area contributed by atoms with Gasteiger partial charge < -0.3 is 14.6 Å². The van der Waals surface area contributed by atoms with Crippen LogP contribution in [0, 0.1) is 11.3 Å². The Kier molecular flexibility index (Phi) is 3.45. The van der Waals surface area contributed by atoms with Gasteiger partial charge in [-0.1, -0.05) is 5.57 Å². The van der Waals surface area contributed by atoms with Crippen molar-refractivity contribution in [3.63, 3.8) is 0 Å². The first kappa shape index (κ1) is 14.7. The van der Waals surface area contributed by atoms with Crippen molar-refractivity contribution in [2.24, 2.45) is 11.3 Å². The first-order chi connectivity index (χ1) is 9.92. The zero-order valence-electron chi connectivity index (χ0n) is 12.6. The number of ether oxygens (including phenoxy) is 2. The number of hydrogen-bond donors (Lipinski definition) is 1. The van der Waals surface area contributed by atoms with Crippen LogP contribution in [-0.2, 0) is 19.1 Å². The first-order valence-electron chi connectivity index (χ1n) is 7.60. The second kappa shape index (κ2) is 4.92. The van der Waals surface area contributed by atoms with E-state index in [-0.39, 0.29) is 18.3 Å². The van der Waals surface area contributed by atoms with Gasteiger partial charge in [0.2, 0.25) is 6.29 Å². The van der Waals surface area contributed by atoms with Crippen LogP contribution in [0.25, 0.3) is 0 Å². The molecule has 0 amide bonds. The highest BCUT2D eigenvalue weighted by atomic mass is 16.7. The van der Waals surface area contributed by atoms with Crippen molar-refractivity contribution in [1.82, 2.24) is 0 Å². The lowest BCUT2D eigenvalue weighted by atomic mass is 9.54. The first-order valence-corrected chi connectivity index (χ1v) is 7.60. The molecule has 0 aromatic carbocycles. The molecule has 0 bridgehead atoms. The third-order valence-electron chi connectivity index (χ3n) is 5.61. The largest absolute Gasteiger partial charge is 0.435 e. The van der Waals surface area contributed by atoms with Crippen LogP contribution in [0.5, 0.6) is 0 Å². The van der Waals surface area contributed by atoms with Gasteiger partial charge >= 0.3 is 5.97 Å². The van der Waals surface area contributed by atoms with Crippen molar-refractivity contribution in [3.05, 3.63) is 11.1 Å². The highest BCUT2D eigenvalue weighted by Crippen LogP contribution is 2.60. The summed E-state index contributed by atoms with van der Waals surface area (Å²) < 4.78 is 11.1. The Morgan fingerprint density at radius 1 is 1.48 bits per heavy atom. The molecule has 5 heteroatoms. The average molecular weight is 294 g/mol. The second-order valence-electron chi connectivity index (χ2n) is 6.70. The molecule has 1 saturated carbocycles. The van der Waals surface area contributed by atoms with Gasteiger partial charge in [-0.2, -0.15) is 0 Å². The summed E-state index contributed by atoms with van der Waals surface area (Å²) in [6.07, 6.45) is 3.18. The quantitative estimate of drug-likeness (QED) is 0.453. The molecule has 0 radical (unpaired) electrons. The minimum absolute atomic E-state index is 0.0367. The van der Waals surface area contributed by atoms with E-state index in [0.29, 0.717) is 19.4 Å². The molecule has 3 aliphatic rings. The standard InChI is InChI=1S/C16H22O5/c1-10(9-17)11-5-6-15(2,19)16-8-13(18)21-14(16)20-7-3-4-12(11)16/h9,12,14,19H,3-8H2,1-2H3/b11-10+/t12-,14-,15+,16+/m1/s1. The summed E-state index contributed by atoms with van der Waals surface area (Å²) in [5.41, 5.74) is -0.0237. The van der Waals surface area contributed by atoms with Gasteiger partial charge in [0.05, 0.1) is 24.0 Å². The Morgan fingerprint density at radius 2 is 2.24 bits per heavy atom.